The summed E-state index contributed by atoms with van der Waals surface area (Å²) in [4.78, 5) is 12.1. The highest BCUT2D eigenvalue weighted by atomic mass is 16.5. The van der Waals surface area contributed by atoms with E-state index in [9.17, 15) is 4.79 Å². The SMILES string of the molecule is COC[C@@H]1CNCC2(CN(C(=O)O)C2)N1. The summed E-state index contributed by atoms with van der Waals surface area (Å²) in [5.41, 5.74) is -0.0696. The number of methoxy groups -OCH3 is 1. The minimum absolute atomic E-state index is 0.0696. The molecule has 6 heteroatoms. The molecule has 2 rings (SSSR count). The standard InChI is InChI=1S/C9H17N3O3/c1-15-3-7-2-10-4-9(11-7)5-12(6-9)8(13)14/h7,10-11H,2-6H2,1H3,(H,13,14)/t7-/m0/s1. The summed E-state index contributed by atoms with van der Waals surface area (Å²) in [6.07, 6.45) is -0.837. The van der Waals surface area contributed by atoms with Crippen LogP contribution in [-0.4, -0.2) is 67.6 Å². The number of hydrogen-bond donors (Lipinski definition) is 3. The quantitative estimate of drug-likeness (QED) is 0.547. The Morgan fingerprint density at radius 3 is 3.00 bits per heavy atom. The first-order valence-electron chi connectivity index (χ1n) is 5.10. The van der Waals surface area contributed by atoms with Gasteiger partial charge in [0.25, 0.3) is 0 Å². The van der Waals surface area contributed by atoms with Gasteiger partial charge in [0.2, 0.25) is 0 Å². The highest BCUT2D eigenvalue weighted by molar-refractivity contribution is 5.66. The van der Waals surface area contributed by atoms with Crippen molar-refractivity contribution in [3.8, 4) is 0 Å². The largest absolute Gasteiger partial charge is 0.465 e. The van der Waals surface area contributed by atoms with Crippen molar-refractivity contribution in [1.82, 2.24) is 15.5 Å². The summed E-state index contributed by atoms with van der Waals surface area (Å²) < 4.78 is 5.09. The predicted octanol–water partition coefficient (Wildman–Crippen LogP) is -1.07. The Kier molecular flexibility index (Phi) is 2.81. The third kappa shape index (κ3) is 2.06. The maximum Gasteiger partial charge on any atom is 0.407 e. The van der Waals surface area contributed by atoms with Crippen molar-refractivity contribution in [3.05, 3.63) is 0 Å². The van der Waals surface area contributed by atoms with E-state index in [-0.39, 0.29) is 11.6 Å². The minimum atomic E-state index is -0.837. The number of nitrogens with one attached hydrogen (secondary N) is 2. The zero-order valence-electron chi connectivity index (χ0n) is 8.82. The van der Waals surface area contributed by atoms with Crippen LogP contribution in [0.2, 0.25) is 0 Å². The maximum atomic E-state index is 10.7. The van der Waals surface area contributed by atoms with Crippen molar-refractivity contribution in [3.63, 3.8) is 0 Å². The number of piperazine rings is 1. The van der Waals surface area contributed by atoms with E-state index in [0.29, 0.717) is 19.7 Å². The number of amides is 1. The summed E-state index contributed by atoms with van der Waals surface area (Å²) in [5.74, 6) is 0. The van der Waals surface area contributed by atoms with Gasteiger partial charge < -0.3 is 25.4 Å². The van der Waals surface area contributed by atoms with Gasteiger partial charge in [-0.25, -0.2) is 4.79 Å². The molecule has 0 radical (unpaired) electrons. The first-order chi connectivity index (χ1) is 7.15. The molecule has 2 heterocycles. The van der Waals surface area contributed by atoms with Crippen LogP contribution < -0.4 is 10.6 Å². The van der Waals surface area contributed by atoms with Gasteiger partial charge in [0.1, 0.15) is 0 Å². The number of ether oxygens (including phenoxy) is 1. The molecule has 0 aromatic carbocycles. The molecule has 0 aromatic rings. The summed E-state index contributed by atoms with van der Waals surface area (Å²) in [5, 5.41) is 15.5. The van der Waals surface area contributed by atoms with E-state index in [0.717, 1.165) is 13.1 Å². The molecule has 2 saturated heterocycles. The van der Waals surface area contributed by atoms with Gasteiger partial charge in [-0.15, -0.1) is 0 Å². The van der Waals surface area contributed by atoms with Crippen LogP contribution >= 0.6 is 0 Å². The monoisotopic (exact) mass is 215 g/mol. The lowest BCUT2D eigenvalue weighted by molar-refractivity contribution is 0.0130. The zero-order valence-corrected chi connectivity index (χ0v) is 8.82. The molecule has 1 atom stereocenters. The number of carbonyl (C=O) groups is 1. The van der Waals surface area contributed by atoms with E-state index in [1.807, 2.05) is 0 Å². The van der Waals surface area contributed by atoms with Gasteiger partial charge in [0.05, 0.1) is 12.1 Å². The molecule has 1 amide bonds. The van der Waals surface area contributed by atoms with Gasteiger partial charge >= 0.3 is 6.09 Å². The van der Waals surface area contributed by atoms with E-state index < -0.39 is 6.09 Å². The van der Waals surface area contributed by atoms with Crippen molar-refractivity contribution in [2.45, 2.75) is 11.6 Å². The maximum absolute atomic E-state index is 10.7. The highest BCUT2D eigenvalue weighted by Crippen LogP contribution is 2.22. The lowest BCUT2D eigenvalue weighted by atomic mass is 9.87. The Labute approximate surface area is 88.6 Å². The van der Waals surface area contributed by atoms with Crippen molar-refractivity contribution in [2.75, 3.05) is 39.9 Å². The van der Waals surface area contributed by atoms with Gasteiger partial charge in [-0.2, -0.15) is 0 Å². The molecule has 0 unspecified atom stereocenters. The Hall–Kier alpha value is -0.850. The van der Waals surface area contributed by atoms with Gasteiger partial charge in [-0.3, -0.25) is 0 Å². The predicted molar refractivity (Wildman–Crippen MR) is 54.0 cm³/mol. The smallest absolute Gasteiger partial charge is 0.407 e. The van der Waals surface area contributed by atoms with Crippen LogP contribution in [0.4, 0.5) is 4.79 Å². The highest BCUT2D eigenvalue weighted by Gasteiger charge is 2.47. The summed E-state index contributed by atoms with van der Waals surface area (Å²) in [7, 11) is 1.67. The van der Waals surface area contributed by atoms with Crippen molar-refractivity contribution in [1.29, 1.82) is 0 Å². The molecule has 0 aromatic heterocycles. The van der Waals surface area contributed by atoms with Crippen LogP contribution in [0.3, 0.4) is 0 Å². The van der Waals surface area contributed by atoms with Gasteiger partial charge in [-0.05, 0) is 0 Å². The first-order valence-corrected chi connectivity index (χ1v) is 5.10. The van der Waals surface area contributed by atoms with Crippen LogP contribution in [0.15, 0.2) is 0 Å². The van der Waals surface area contributed by atoms with Gasteiger partial charge in [0.15, 0.2) is 0 Å². The van der Waals surface area contributed by atoms with E-state index in [4.69, 9.17) is 9.84 Å². The molecule has 2 aliphatic heterocycles. The second kappa shape index (κ2) is 3.96. The third-order valence-electron chi connectivity index (χ3n) is 2.99. The molecule has 2 aliphatic rings. The lowest BCUT2D eigenvalue weighted by Gasteiger charge is -2.53. The second-order valence-electron chi connectivity index (χ2n) is 4.35. The Morgan fingerprint density at radius 1 is 1.67 bits per heavy atom. The molecule has 0 aliphatic carbocycles. The number of nitrogens with zero attached hydrogens (tertiary/aromatic N) is 1. The molecule has 0 saturated carbocycles. The molecule has 3 N–H and O–H groups in total. The third-order valence-corrected chi connectivity index (χ3v) is 2.99. The summed E-state index contributed by atoms with van der Waals surface area (Å²) >= 11 is 0. The molecule has 6 nitrogen and oxygen atoms in total. The van der Waals surface area contributed by atoms with Crippen LogP contribution in [0, 0.1) is 0 Å². The zero-order chi connectivity index (χ0) is 10.9. The molecular weight excluding hydrogens is 198 g/mol. The van der Waals surface area contributed by atoms with Crippen molar-refractivity contribution < 1.29 is 14.6 Å². The van der Waals surface area contributed by atoms with Gasteiger partial charge in [-0.1, -0.05) is 0 Å². The average Bonchev–Trinajstić information content (AvgIpc) is 2.14. The molecule has 15 heavy (non-hydrogen) atoms. The second-order valence-corrected chi connectivity index (χ2v) is 4.35. The molecule has 86 valence electrons. The fraction of sp³-hybridized carbons (Fsp3) is 0.889. The molecule has 0 bridgehead atoms. The molecule has 1 spiro atoms. The Balaban J connectivity index is 1.86. The van der Waals surface area contributed by atoms with E-state index in [1.54, 1.807) is 7.11 Å². The van der Waals surface area contributed by atoms with Gasteiger partial charge in [0, 0.05) is 39.3 Å². The lowest BCUT2D eigenvalue weighted by Crippen LogP contribution is -2.78. The van der Waals surface area contributed by atoms with Crippen LogP contribution in [-0.2, 0) is 4.74 Å². The molecule has 2 fully saturated rings. The van der Waals surface area contributed by atoms with Crippen LogP contribution in [0.1, 0.15) is 0 Å². The molecular formula is C9H17N3O3. The van der Waals surface area contributed by atoms with Crippen LogP contribution in [0.25, 0.3) is 0 Å². The normalized spacial score (nSPS) is 28.9. The van der Waals surface area contributed by atoms with E-state index in [2.05, 4.69) is 10.6 Å². The average molecular weight is 215 g/mol. The first kappa shape index (κ1) is 10.7. The van der Waals surface area contributed by atoms with Crippen LogP contribution in [0.5, 0.6) is 0 Å². The number of hydrogen-bond acceptors (Lipinski definition) is 4. The number of carboxylic acid groups (broad SMARTS) is 1. The fourth-order valence-electron chi connectivity index (χ4n) is 2.35. The van der Waals surface area contributed by atoms with Crippen molar-refractivity contribution in [2.24, 2.45) is 0 Å². The number of likely N-dealkylation sites (tertiary alicyclic amines) is 1. The summed E-state index contributed by atoms with van der Waals surface area (Å²) in [6, 6.07) is 0.277. The summed E-state index contributed by atoms with van der Waals surface area (Å²) in [6.45, 7) is 3.49. The van der Waals surface area contributed by atoms with E-state index >= 15 is 0 Å². The topological polar surface area (TPSA) is 73.8 Å². The Bertz CT molecular complexity index is 251. The fourth-order valence-corrected chi connectivity index (χ4v) is 2.35. The van der Waals surface area contributed by atoms with Crippen molar-refractivity contribution >= 4 is 6.09 Å². The van der Waals surface area contributed by atoms with E-state index in [1.165, 1.54) is 4.90 Å². The Morgan fingerprint density at radius 2 is 2.40 bits per heavy atom. The number of rotatable bonds is 2. The minimum Gasteiger partial charge on any atom is -0.465 e.